The number of anilines is 3. The van der Waals surface area contributed by atoms with Crippen molar-refractivity contribution in [1.29, 1.82) is 0 Å². The number of piperidine rings is 2. The van der Waals surface area contributed by atoms with Crippen molar-refractivity contribution in [3.05, 3.63) is 36.2 Å². The third-order valence-corrected chi connectivity index (χ3v) is 10.0. The lowest BCUT2D eigenvalue weighted by Gasteiger charge is -2.35. The van der Waals surface area contributed by atoms with Crippen molar-refractivity contribution in [2.24, 2.45) is 5.41 Å². The highest BCUT2D eigenvalue weighted by atomic mass is 32.2. The highest BCUT2D eigenvalue weighted by Crippen LogP contribution is 2.54. The highest BCUT2D eigenvalue weighted by Gasteiger charge is 2.44. The monoisotopic (exact) mass is 575 g/mol. The summed E-state index contributed by atoms with van der Waals surface area (Å²) in [5, 5.41) is 16.2. The number of rotatable bonds is 7. The Labute approximate surface area is 230 Å². The summed E-state index contributed by atoms with van der Waals surface area (Å²) in [6.45, 7) is 1.07. The maximum absolute atomic E-state index is 13.8. The molecule has 2 N–H and O–H groups in total. The maximum atomic E-state index is 13.8. The molecule has 0 atom stereocenters. The van der Waals surface area contributed by atoms with E-state index < -0.39 is 34.0 Å². The fourth-order valence-corrected chi connectivity index (χ4v) is 6.64. The van der Waals surface area contributed by atoms with Crippen LogP contribution in [0.5, 0.6) is 0 Å². The van der Waals surface area contributed by atoms with Gasteiger partial charge in [-0.15, -0.1) is 0 Å². The quantitative estimate of drug-likeness (QED) is 0.436. The minimum atomic E-state index is -3.73. The molecular formula is C26H31F2N7O4S. The number of halogens is 2. The molecule has 4 heterocycles. The number of carbonyl (C=O) groups is 1. The zero-order valence-corrected chi connectivity index (χ0v) is 22.7. The van der Waals surface area contributed by atoms with Crippen LogP contribution in [0.3, 0.4) is 0 Å². The predicted octanol–water partition coefficient (Wildman–Crippen LogP) is 2.76. The number of amides is 1. The molecule has 6 rings (SSSR count). The zero-order chi connectivity index (χ0) is 28.1. The van der Waals surface area contributed by atoms with Gasteiger partial charge < -0.3 is 20.2 Å². The van der Waals surface area contributed by atoms with Crippen molar-refractivity contribution in [1.82, 2.24) is 19.6 Å². The summed E-state index contributed by atoms with van der Waals surface area (Å²) in [6.07, 6.45) is 5.06. The number of hydrogen-bond acceptors (Lipinski definition) is 9. The van der Waals surface area contributed by atoms with E-state index in [1.807, 2.05) is 4.90 Å². The van der Waals surface area contributed by atoms with Gasteiger partial charge in [-0.25, -0.2) is 22.2 Å². The highest BCUT2D eigenvalue weighted by molar-refractivity contribution is 7.91. The van der Waals surface area contributed by atoms with Gasteiger partial charge in [-0.05, 0) is 49.3 Å². The molecule has 3 aromatic rings. The van der Waals surface area contributed by atoms with E-state index in [4.69, 9.17) is 0 Å². The van der Waals surface area contributed by atoms with Crippen LogP contribution in [0.2, 0.25) is 0 Å². The Morgan fingerprint density at radius 1 is 1.00 bits per heavy atom. The van der Waals surface area contributed by atoms with Gasteiger partial charge in [0.05, 0.1) is 28.5 Å². The van der Waals surface area contributed by atoms with Gasteiger partial charge in [0.1, 0.15) is 12.1 Å². The van der Waals surface area contributed by atoms with Crippen LogP contribution in [0.25, 0.3) is 5.65 Å². The second-order valence-electron chi connectivity index (χ2n) is 11.0. The first-order valence-electron chi connectivity index (χ1n) is 13.5. The van der Waals surface area contributed by atoms with Crippen molar-refractivity contribution in [3.63, 3.8) is 0 Å². The first-order chi connectivity index (χ1) is 19.1. The molecule has 2 aliphatic heterocycles. The Morgan fingerprint density at radius 2 is 1.70 bits per heavy atom. The molecule has 0 bridgehead atoms. The number of aliphatic hydroxyl groups excluding tert-OH is 1. The lowest BCUT2D eigenvalue weighted by Crippen LogP contribution is -2.40. The van der Waals surface area contributed by atoms with Gasteiger partial charge in [0.15, 0.2) is 15.5 Å². The SMILES string of the molecule is O=C(Nc1cc2ncnn2c(N2CCC(F)(F)CC2)n1)c1ccc(S(=O)(=O)CCO)cc1N1CCC2(CC1)CC2. The van der Waals surface area contributed by atoms with E-state index in [2.05, 4.69) is 20.4 Å². The summed E-state index contributed by atoms with van der Waals surface area (Å²) in [5.74, 6) is -3.15. The third kappa shape index (κ3) is 5.21. The molecule has 1 amide bonds. The number of benzene rings is 1. The standard InChI is InChI=1S/C26H31F2N7O4S/c27-26(28)7-11-34(12-8-26)24-32-21(16-22-29-17-30-35(22)24)31-23(37)19-2-1-18(40(38,39)14-13-36)15-20(19)33-9-5-25(3-4-25)6-10-33/h1-2,15-17,36H,3-14H2,(H,31,37). The van der Waals surface area contributed by atoms with Gasteiger partial charge in [0.2, 0.25) is 5.95 Å². The van der Waals surface area contributed by atoms with Crippen molar-refractivity contribution in [2.75, 3.05) is 53.7 Å². The van der Waals surface area contributed by atoms with Crippen molar-refractivity contribution in [2.45, 2.75) is 49.3 Å². The molecule has 0 radical (unpaired) electrons. The summed E-state index contributed by atoms with van der Waals surface area (Å²) >= 11 is 0. The summed E-state index contributed by atoms with van der Waals surface area (Å²) in [4.78, 5) is 26.2. The minimum Gasteiger partial charge on any atom is -0.395 e. The fourth-order valence-electron chi connectivity index (χ4n) is 5.59. The number of carbonyl (C=O) groups excluding carboxylic acids is 1. The van der Waals surface area contributed by atoms with Crippen LogP contribution in [-0.4, -0.2) is 83.5 Å². The second-order valence-corrected chi connectivity index (χ2v) is 13.1. The largest absolute Gasteiger partial charge is 0.395 e. The molecule has 40 heavy (non-hydrogen) atoms. The minimum absolute atomic E-state index is 0.0481. The van der Waals surface area contributed by atoms with Gasteiger partial charge in [-0.3, -0.25) is 4.79 Å². The van der Waals surface area contributed by atoms with Crippen LogP contribution < -0.4 is 15.1 Å². The van der Waals surface area contributed by atoms with E-state index >= 15 is 0 Å². The lowest BCUT2D eigenvalue weighted by atomic mass is 9.93. The van der Waals surface area contributed by atoms with Crippen molar-refractivity contribution < 1.29 is 27.1 Å². The summed E-state index contributed by atoms with van der Waals surface area (Å²) in [6, 6.07) is 5.92. The Morgan fingerprint density at radius 3 is 2.38 bits per heavy atom. The van der Waals surface area contributed by atoms with E-state index in [1.54, 1.807) is 11.0 Å². The smallest absolute Gasteiger partial charge is 0.258 e. The molecule has 11 nitrogen and oxygen atoms in total. The number of hydrogen-bond donors (Lipinski definition) is 2. The molecule has 1 aromatic carbocycles. The van der Waals surface area contributed by atoms with Gasteiger partial charge in [0.25, 0.3) is 11.8 Å². The van der Waals surface area contributed by atoms with Gasteiger partial charge in [0, 0.05) is 45.1 Å². The van der Waals surface area contributed by atoms with E-state index in [-0.39, 0.29) is 42.2 Å². The zero-order valence-electron chi connectivity index (χ0n) is 21.9. The number of alkyl halides is 2. The van der Waals surface area contributed by atoms with Crippen LogP contribution in [0.1, 0.15) is 48.9 Å². The van der Waals surface area contributed by atoms with Crippen LogP contribution in [0.15, 0.2) is 35.5 Å². The maximum Gasteiger partial charge on any atom is 0.258 e. The Hall–Kier alpha value is -3.39. The van der Waals surface area contributed by atoms with Crippen LogP contribution in [-0.2, 0) is 9.84 Å². The van der Waals surface area contributed by atoms with Gasteiger partial charge >= 0.3 is 0 Å². The Balaban J connectivity index is 1.31. The molecule has 1 aliphatic carbocycles. The van der Waals surface area contributed by atoms with Crippen molar-refractivity contribution in [3.8, 4) is 0 Å². The first kappa shape index (κ1) is 26.8. The molecule has 3 fully saturated rings. The molecule has 14 heteroatoms. The summed E-state index contributed by atoms with van der Waals surface area (Å²) < 4.78 is 54.5. The molecule has 3 aliphatic rings. The predicted molar refractivity (Wildman–Crippen MR) is 144 cm³/mol. The van der Waals surface area contributed by atoms with E-state index in [9.17, 15) is 27.1 Å². The number of aliphatic hydroxyl groups is 1. The molecule has 1 spiro atoms. The normalized spacial score (nSPS) is 20.2. The molecular weight excluding hydrogens is 544 g/mol. The van der Waals surface area contributed by atoms with Crippen molar-refractivity contribution >= 4 is 38.8 Å². The first-order valence-corrected chi connectivity index (χ1v) is 15.1. The van der Waals surface area contributed by atoms with E-state index in [1.165, 1.54) is 41.9 Å². The molecule has 0 unspecified atom stereocenters. The van der Waals surface area contributed by atoms with E-state index in [0.717, 1.165) is 12.8 Å². The second kappa shape index (κ2) is 9.91. The number of aromatic nitrogens is 4. The third-order valence-electron chi connectivity index (χ3n) is 8.32. The molecule has 214 valence electrons. The van der Waals surface area contributed by atoms with Gasteiger partial charge in [-0.1, -0.05) is 0 Å². The van der Waals surface area contributed by atoms with Crippen LogP contribution >= 0.6 is 0 Å². The van der Waals surface area contributed by atoms with E-state index in [0.29, 0.717) is 35.8 Å². The topological polar surface area (TPSA) is 133 Å². The fraction of sp³-hybridized carbons (Fsp3) is 0.538. The molecule has 2 aromatic heterocycles. The molecule has 2 saturated heterocycles. The van der Waals surface area contributed by atoms with Gasteiger partial charge in [-0.2, -0.15) is 14.6 Å². The summed E-state index contributed by atoms with van der Waals surface area (Å²) in [7, 11) is -3.73. The Kier molecular flexibility index (Phi) is 6.64. The Bertz CT molecular complexity index is 1540. The summed E-state index contributed by atoms with van der Waals surface area (Å²) in [5.41, 5.74) is 1.58. The lowest BCUT2D eigenvalue weighted by molar-refractivity contribution is -0.0223. The molecule has 1 saturated carbocycles. The number of fused-ring (bicyclic) bond motifs is 1. The number of nitrogens with one attached hydrogen (secondary N) is 1. The number of nitrogens with zero attached hydrogens (tertiary/aromatic N) is 6. The number of sulfone groups is 1. The average Bonchev–Trinajstić information content (AvgIpc) is 3.50. The van der Waals surface area contributed by atoms with Crippen LogP contribution in [0.4, 0.5) is 26.2 Å². The van der Waals surface area contributed by atoms with Crippen LogP contribution in [0, 0.1) is 5.41 Å². The average molecular weight is 576 g/mol.